The van der Waals surface area contributed by atoms with Gasteiger partial charge in [-0.05, 0) is 83.1 Å². The third-order valence-corrected chi connectivity index (χ3v) is 11.5. The molecule has 2 atom stereocenters. The summed E-state index contributed by atoms with van der Waals surface area (Å²) in [4.78, 5) is 36.6. The molecule has 7 heteroatoms. The third kappa shape index (κ3) is 37.9. The average molecular weight is 794 g/mol. The lowest BCUT2D eigenvalue weighted by Gasteiger charge is -2.19. The minimum atomic E-state index is -0.102. The van der Waals surface area contributed by atoms with Crippen LogP contribution in [-0.4, -0.2) is 50.3 Å². The SMILES string of the molecule is CCCCCCC(CCCC)COC(=O)CCCCCCCCC(CCCCCCCCC(=O)OCC(CCCC)CCCCCC)NCCCC(=O)OCC. The Morgan fingerprint density at radius 2 is 0.714 bits per heavy atom. The van der Waals surface area contributed by atoms with Gasteiger partial charge in [0, 0.05) is 25.3 Å². The highest BCUT2D eigenvalue weighted by Crippen LogP contribution is 2.21. The molecule has 332 valence electrons. The Bertz CT molecular complexity index is 810. The van der Waals surface area contributed by atoms with Crippen LogP contribution in [0, 0.1) is 11.8 Å². The largest absolute Gasteiger partial charge is 0.466 e. The molecule has 0 heterocycles. The number of ether oxygens (including phenoxy) is 3. The molecular formula is C49H95NO6. The van der Waals surface area contributed by atoms with Crippen LogP contribution in [0.15, 0.2) is 0 Å². The molecule has 0 bridgehead atoms. The predicted octanol–water partition coefficient (Wildman–Crippen LogP) is 14.2. The van der Waals surface area contributed by atoms with Gasteiger partial charge >= 0.3 is 17.9 Å². The quantitative estimate of drug-likeness (QED) is 0.0373. The summed E-state index contributed by atoms with van der Waals surface area (Å²) in [7, 11) is 0. The minimum Gasteiger partial charge on any atom is -0.466 e. The maximum Gasteiger partial charge on any atom is 0.305 e. The van der Waals surface area contributed by atoms with Crippen LogP contribution in [0.4, 0.5) is 0 Å². The van der Waals surface area contributed by atoms with Gasteiger partial charge in [-0.1, -0.05) is 169 Å². The first-order valence-electron chi connectivity index (χ1n) is 24.6. The first-order chi connectivity index (χ1) is 27.4. The molecule has 0 aliphatic heterocycles. The van der Waals surface area contributed by atoms with E-state index in [1.807, 2.05) is 6.92 Å². The van der Waals surface area contributed by atoms with Gasteiger partial charge in [-0.25, -0.2) is 0 Å². The Morgan fingerprint density at radius 1 is 0.375 bits per heavy atom. The predicted molar refractivity (Wildman–Crippen MR) is 237 cm³/mol. The lowest BCUT2D eigenvalue weighted by molar-refractivity contribution is -0.146. The Balaban J connectivity index is 4.27. The summed E-state index contributed by atoms with van der Waals surface area (Å²) in [6.45, 7) is 13.4. The normalized spacial score (nSPS) is 13.0. The van der Waals surface area contributed by atoms with Crippen LogP contribution >= 0.6 is 0 Å². The molecule has 0 aromatic carbocycles. The molecule has 0 aliphatic carbocycles. The molecular weight excluding hydrogens is 699 g/mol. The fraction of sp³-hybridized carbons (Fsp3) is 0.939. The average Bonchev–Trinajstić information content (AvgIpc) is 3.19. The van der Waals surface area contributed by atoms with Crippen molar-refractivity contribution in [2.24, 2.45) is 11.8 Å². The second-order valence-electron chi connectivity index (χ2n) is 17.0. The second kappa shape index (κ2) is 43.0. The molecule has 1 N–H and O–H groups in total. The fourth-order valence-electron chi connectivity index (χ4n) is 7.75. The lowest BCUT2D eigenvalue weighted by atomic mass is 9.96. The van der Waals surface area contributed by atoms with E-state index >= 15 is 0 Å². The van der Waals surface area contributed by atoms with E-state index in [1.165, 1.54) is 167 Å². The van der Waals surface area contributed by atoms with Crippen LogP contribution in [-0.2, 0) is 28.6 Å². The van der Waals surface area contributed by atoms with Crippen LogP contribution in [0.5, 0.6) is 0 Å². The van der Waals surface area contributed by atoms with Gasteiger partial charge in [-0.15, -0.1) is 0 Å². The first kappa shape index (κ1) is 54.4. The summed E-state index contributed by atoms with van der Waals surface area (Å²) in [5, 5.41) is 3.75. The number of hydrogen-bond acceptors (Lipinski definition) is 7. The summed E-state index contributed by atoms with van der Waals surface area (Å²) in [6, 6.07) is 0.488. The van der Waals surface area contributed by atoms with Gasteiger partial charge < -0.3 is 19.5 Å². The molecule has 0 aromatic heterocycles. The van der Waals surface area contributed by atoms with Crippen molar-refractivity contribution < 1.29 is 28.6 Å². The number of carbonyl (C=O) groups is 3. The van der Waals surface area contributed by atoms with Gasteiger partial charge in [0.05, 0.1) is 19.8 Å². The van der Waals surface area contributed by atoms with Gasteiger partial charge in [0.2, 0.25) is 0 Å². The Morgan fingerprint density at radius 3 is 1.14 bits per heavy atom. The van der Waals surface area contributed by atoms with Gasteiger partial charge in [0.15, 0.2) is 0 Å². The number of unbranched alkanes of at least 4 members (excludes halogenated alkanes) is 18. The van der Waals surface area contributed by atoms with Crippen LogP contribution in [0.3, 0.4) is 0 Å². The van der Waals surface area contributed by atoms with Gasteiger partial charge in [-0.2, -0.15) is 0 Å². The number of hydrogen-bond donors (Lipinski definition) is 1. The van der Waals surface area contributed by atoms with Crippen LogP contribution < -0.4 is 5.32 Å². The van der Waals surface area contributed by atoms with E-state index in [0.29, 0.717) is 57.0 Å². The summed E-state index contributed by atoms with van der Waals surface area (Å²) in [6.07, 6.45) is 38.3. The Hall–Kier alpha value is -1.63. The summed E-state index contributed by atoms with van der Waals surface area (Å²) in [5.74, 6) is 0.944. The van der Waals surface area contributed by atoms with E-state index in [1.54, 1.807) is 0 Å². The van der Waals surface area contributed by atoms with E-state index < -0.39 is 0 Å². The van der Waals surface area contributed by atoms with E-state index in [9.17, 15) is 14.4 Å². The molecule has 0 radical (unpaired) electrons. The van der Waals surface area contributed by atoms with Gasteiger partial charge in [0.1, 0.15) is 0 Å². The van der Waals surface area contributed by atoms with Crippen molar-refractivity contribution >= 4 is 17.9 Å². The molecule has 2 unspecified atom stereocenters. The highest BCUT2D eigenvalue weighted by molar-refractivity contribution is 5.69. The van der Waals surface area contributed by atoms with Crippen LogP contribution in [0.25, 0.3) is 0 Å². The van der Waals surface area contributed by atoms with Crippen molar-refractivity contribution in [2.75, 3.05) is 26.4 Å². The van der Waals surface area contributed by atoms with Crippen molar-refractivity contribution in [1.29, 1.82) is 0 Å². The molecule has 0 saturated carbocycles. The standard InChI is InChI=1S/C49H95NO6/c1-6-11-15-25-34-44(32-13-8-3)42-55-48(52)38-29-23-19-17-21-27-36-46(50-41-31-40-47(51)54-10-5)37-28-22-18-20-24-30-39-49(53)56-43-45(33-14-9-4)35-26-16-12-7-2/h44-46,50H,6-43H2,1-5H3. The zero-order chi connectivity index (χ0) is 41.2. The molecule has 0 spiro atoms. The topological polar surface area (TPSA) is 90.9 Å². The third-order valence-electron chi connectivity index (χ3n) is 11.5. The lowest BCUT2D eigenvalue weighted by Crippen LogP contribution is -2.30. The zero-order valence-corrected chi connectivity index (χ0v) is 38.1. The zero-order valence-electron chi connectivity index (χ0n) is 38.1. The van der Waals surface area contributed by atoms with E-state index in [4.69, 9.17) is 14.2 Å². The molecule has 0 saturated heterocycles. The van der Waals surface area contributed by atoms with Gasteiger partial charge in [0.25, 0.3) is 0 Å². The van der Waals surface area contributed by atoms with Crippen molar-refractivity contribution in [2.45, 2.75) is 259 Å². The Kier molecular flexibility index (Phi) is 41.7. The number of rotatable bonds is 44. The van der Waals surface area contributed by atoms with Gasteiger partial charge in [-0.3, -0.25) is 14.4 Å². The van der Waals surface area contributed by atoms with Crippen molar-refractivity contribution in [3.63, 3.8) is 0 Å². The maximum absolute atomic E-state index is 12.4. The molecule has 0 rings (SSSR count). The monoisotopic (exact) mass is 794 g/mol. The first-order valence-corrected chi connectivity index (χ1v) is 24.6. The molecule has 0 aliphatic rings. The van der Waals surface area contributed by atoms with Crippen molar-refractivity contribution in [3.05, 3.63) is 0 Å². The fourth-order valence-corrected chi connectivity index (χ4v) is 7.75. The van der Waals surface area contributed by atoms with Crippen molar-refractivity contribution in [1.82, 2.24) is 5.32 Å². The highest BCUT2D eigenvalue weighted by Gasteiger charge is 2.14. The van der Waals surface area contributed by atoms with E-state index in [0.717, 1.165) is 38.6 Å². The van der Waals surface area contributed by atoms with E-state index in [-0.39, 0.29) is 17.9 Å². The maximum atomic E-state index is 12.4. The minimum absolute atomic E-state index is 0.00787. The molecule has 0 aromatic rings. The van der Waals surface area contributed by atoms with Crippen molar-refractivity contribution in [3.8, 4) is 0 Å². The highest BCUT2D eigenvalue weighted by atomic mass is 16.5. The number of esters is 3. The molecule has 56 heavy (non-hydrogen) atoms. The smallest absolute Gasteiger partial charge is 0.305 e. The Labute approximate surface area is 348 Å². The summed E-state index contributed by atoms with van der Waals surface area (Å²) < 4.78 is 16.5. The van der Waals surface area contributed by atoms with Crippen LogP contribution in [0.1, 0.15) is 253 Å². The molecule has 0 fully saturated rings. The number of nitrogens with one attached hydrogen (secondary N) is 1. The number of carbonyl (C=O) groups excluding carboxylic acids is 3. The summed E-state index contributed by atoms with van der Waals surface area (Å²) in [5.41, 5.74) is 0. The second-order valence-corrected chi connectivity index (χ2v) is 17.0. The molecule has 0 amide bonds. The van der Waals surface area contributed by atoms with Crippen LogP contribution in [0.2, 0.25) is 0 Å². The van der Waals surface area contributed by atoms with E-state index in [2.05, 4.69) is 33.0 Å². The molecule has 7 nitrogen and oxygen atoms in total. The summed E-state index contributed by atoms with van der Waals surface area (Å²) >= 11 is 0.